The second kappa shape index (κ2) is 8.67. The fourth-order valence-corrected chi connectivity index (χ4v) is 3.36. The molecule has 0 radical (unpaired) electrons. The van der Waals surface area contributed by atoms with Gasteiger partial charge in [0.1, 0.15) is 0 Å². The summed E-state index contributed by atoms with van der Waals surface area (Å²) in [6.45, 7) is 1.51. The van der Waals surface area contributed by atoms with Crippen LogP contribution < -0.4 is 0 Å². The number of aliphatic hydroxyl groups is 1. The summed E-state index contributed by atoms with van der Waals surface area (Å²) in [5.41, 5.74) is 0.905. The Morgan fingerprint density at radius 3 is 2.75 bits per heavy atom. The molecular weight excluding hydrogens is 403 g/mol. The van der Waals surface area contributed by atoms with E-state index in [1.165, 1.54) is 9.80 Å². The molecule has 0 unspecified atom stereocenters. The number of imidazole rings is 1. The lowest BCUT2D eigenvalue weighted by atomic mass is 10.2. The Kier molecular flexibility index (Phi) is 6.26. The lowest BCUT2D eigenvalue weighted by molar-refractivity contribution is -0.128. The third-order valence-electron chi connectivity index (χ3n) is 4.54. The summed E-state index contributed by atoms with van der Waals surface area (Å²) in [5.74, 6) is -1.39. The molecule has 1 aromatic heterocycles. The van der Waals surface area contributed by atoms with Crippen LogP contribution in [0.25, 0.3) is 0 Å². The van der Waals surface area contributed by atoms with E-state index in [0.29, 0.717) is 29.6 Å². The third kappa shape index (κ3) is 4.48. The highest BCUT2D eigenvalue weighted by atomic mass is 35.5. The smallest absolute Gasteiger partial charge is 0.289 e. The average molecular weight is 423 g/mol. The van der Waals surface area contributed by atoms with Gasteiger partial charge in [-0.2, -0.15) is 0 Å². The van der Waals surface area contributed by atoms with Crippen molar-refractivity contribution < 1.29 is 14.7 Å². The molecule has 0 fully saturated rings. The maximum Gasteiger partial charge on any atom is 0.289 e. The molecule has 1 aliphatic rings. The van der Waals surface area contributed by atoms with Crippen LogP contribution in [0.3, 0.4) is 0 Å². The molecule has 1 aromatic carbocycles. The molecule has 2 amide bonds. The number of amides is 2. The fraction of sp³-hybridized carbons (Fsp3) is 0.316. The minimum absolute atomic E-state index is 0.0964. The Labute approximate surface area is 172 Å². The maximum atomic E-state index is 12.7. The molecule has 0 saturated carbocycles. The molecule has 0 spiro atoms. The van der Waals surface area contributed by atoms with Crippen LogP contribution in [0.5, 0.6) is 0 Å². The van der Waals surface area contributed by atoms with Crippen molar-refractivity contribution >= 4 is 35.0 Å². The number of rotatable bonds is 7. The molecule has 0 bridgehead atoms. The van der Waals surface area contributed by atoms with Crippen LogP contribution in [0, 0.1) is 0 Å². The standard InChI is InChI=1S/C19H20Cl2N4O3/c1-23(10-13-3-4-15(20)16(21)9-13)18(27)14-11-25(19(28)17(14)26)7-2-6-24-8-5-22-12-24/h3-5,8-9,12,26H,2,6-7,10-11H2,1H3. The Morgan fingerprint density at radius 1 is 1.29 bits per heavy atom. The van der Waals surface area contributed by atoms with Crippen LogP contribution in [0.4, 0.5) is 0 Å². The van der Waals surface area contributed by atoms with Gasteiger partial charge in [-0.25, -0.2) is 4.98 Å². The number of aliphatic hydroxyl groups excluding tert-OH is 1. The molecule has 0 saturated heterocycles. The topological polar surface area (TPSA) is 78.7 Å². The molecule has 3 rings (SSSR count). The van der Waals surface area contributed by atoms with Crippen molar-refractivity contribution in [2.75, 3.05) is 20.1 Å². The van der Waals surface area contributed by atoms with Gasteiger partial charge in [-0.15, -0.1) is 0 Å². The summed E-state index contributed by atoms with van der Waals surface area (Å²) in [6, 6.07) is 5.12. The SMILES string of the molecule is CN(Cc1ccc(Cl)c(Cl)c1)C(=O)C1=C(O)C(=O)N(CCCn2ccnc2)C1. The van der Waals surface area contributed by atoms with Gasteiger partial charge < -0.3 is 19.5 Å². The molecule has 0 aliphatic carbocycles. The quantitative estimate of drug-likeness (QED) is 0.743. The normalized spacial score (nSPS) is 14.1. The molecule has 1 N–H and O–H groups in total. The van der Waals surface area contributed by atoms with Gasteiger partial charge in [0.15, 0.2) is 5.76 Å². The summed E-state index contributed by atoms with van der Waals surface area (Å²) in [4.78, 5) is 31.9. The highest BCUT2D eigenvalue weighted by molar-refractivity contribution is 6.42. The van der Waals surface area contributed by atoms with Crippen LogP contribution >= 0.6 is 23.2 Å². The van der Waals surface area contributed by atoms with Gasteiger partial charge >= 0.3 is 0 Å². The Hall–Kier alpha value is -2.51. The first kappa shape index (κ1) is 20.2. The number of benzene rings is 1. The molecule has 2 heterocycles. The lowest BCUT2D eigenvalue weighted by Crippen LogP contribution is -2.32. The van der Waals surface area contributed by atoms with E-state index in [0.717, 1.165) is 5.56 Å². The zero-order chi connectivity index (χ0) is 20.3. The highest BCUT2D eigenvalue weighted by Gasteiger charge is 2.34. The number of carbonyl (C=O) groups is 2. The Balaban J connectivity index is 1.59. The van der Waals surface area contributed by atoms with Gasteiger partial charge in [-0.3, -0.25) is 9.59 Å². The highest BCUT2D eigenvalue weighted by Crippen LogP contribution is 2.24. The van der Waals surface area contributed by atoms with Crippen LogP contribution in [0.2, 0.25) is 10.0 Å². The summed E-state index contributed by atoms with van der Waals surface area (Å²) in [5, 5.41) is 11.0. The van der Waals surface area contributed by atoms with Crippen LogP contribution in [0.1, 0.15) is 12.0 Å². The number of likely N-dealkylation sites (N-methyl/N-ethyl adjacent to an activating group) is 1. The largest absolute Gasteiger partial charge is 0.503 e. The van der Waals surface area contributed by atoms with E-state index in [9.17, 15) is 14.7 Å². The molecule has 1 aliphatic heterocycles. The van der Waals surface area contributed by atoms with Crippen molar-refractivity contribution in [1.82, 2.24) is 19.4 Å². The number of hydrogen-bond acceptors (Lipinski definition) is 4. The van der Waals surface area contributed by atoms with Crippen molar-refractivity contribution in [3.63, 3.8) is 0 Å². The molecule has 9 heteroatoms. The minimum atomic E-state index is -0.517. The maximum absolute atomic E-state index is 12.7. The van der Waals surface area contributed by atoms with Gasteiger partial charge in [0, 0.05) is 39.1 Å². The van der Waals surface area contributed by atoms with E-state index in [4.69, 9.17) is 23.2 Å². The van der Waals surface area contributed by atoms with E-state index < -0.39 is 17.6 Å². The van der Waals surface area contributed by atoms with E-state index in [-0.39, 0.29) is 18.7 Å². The zero-order valence-corrected chi connectivity index (χ0v) is 16.8. The zero-order valence-electron chi connectivity index (χ0n) is 15.3. The van der Waals surface area contributed by atoms with Crippen LogP contribution in [0.15, 0.2) is 48.3 Å². The van der Waals surface area contributed by atoms with Gasteiger partial charge in [0.2, 0.25) is 0 Å². The molecule has 28 heavy (non-hydrogen) atoms. The second-order valence-corrected chi connectivity index (χ2v) is 7.43. The first-order valence-corrected chi connectivity index (χ1v) is 9.49. The van der Waals surface area contributed by atoms with Crippen molar-refractivity contribution in [2.24, 2.45) is 0 Å². The van der Waals surface area contributed by atoms with Gasteiger partial charge in [-0.05, 0) is 24.1 Å². The molecule has 2 aromatic rings. The number of nitrogens with zero attached hydrogens (tertiary/aromatic N) is 4. The van der Waals surface area contributed by atoms with Crippen LogP contribution in [-0.2, 0) is 22.7 Å². The third-order valence-corrected chi connectivity index (χ3v) is 5.28. The number of halogens is 2. The molecule has 7 nitrogen and oxygen atoms in total. The Morgan fingerprint density at radius 2 is 2.07 bits per heavy atom. The van der Waals surface area contributed by atoms with Gasteiger partial charge in [0.25, 0.3) is 11.8 Å². The van der Waals surface area contributed by atoms with Crippen molar-refractivity contribution in [1.29, 1.82) is 0 Å². The molecule has 148 valence electrons. The monoisotopic (exact) mass is 422 g/mol. The number of aromatic nitrogens is 2. The van der Waals surface area contributed by atoms with Gasteiger partial charge in [-0.1, -0.05) is 29.3 Å². The summed E-state index contributed by atoms with van der Waals surface area (Å²) < 4.78 is 1.91. The number of aryl methyl sites for hydroxylation is 1. The predicted molar refractivity (Wildman–Crippen MR) is 106 cm³/mol. The summed E-state index contributed by atoms with van der Waals surface area (Å²) in [7, 11) is 1.61. The van der Waals surface area contributed by atoms with E-state index in [1.54, 1.807) is 37.8 Å². The van der Waals surface area contributed by atoms with Crippen molar-refractivity contribution in [3.8, 4) is 0 Å². The summed E-state index contributed by atoms with van der Waals surface area (Å²) >= 11 is 11.9. The van der Waals surface area contributed by atoms with E-state index in [2.05, 4.69) is 4.98 Å². The van der Waals surface area contributed by atoms with Crippen molar-refractivity contribution in [2.45, 2.75) is 19.5 Å². The second-order valence-electron chi connectivity index (χ2n) is 6.62. The summed E-state index contributed by atoms with van der Waals surface area (Å²) in [6.07, 6.45) is 5.92. The average Bonchev–Trinajstić information content (AvgIpc) is 3.28. The Bertz CT molecular complexity index is 912. The molecular formula is C19H20Cl2N4O3. The number of hydrogen-bond donors (Lipinski definition) is 1. The van der Waals surface area contributed by atoms with E-state index in [1.807, 2.05) is 10.8 Å². The van der Waals surface area contributed by atoms with Gasteiger partial charge in [0.05, 0.1) is 28.5 Å². The lowest BCUT2D eigenvalue weighted by Gasteiger charge is -2.19. The van der Waals surface area contributed by atoms with Crippen LogP contribution in [-0.4, -0.2) is 56.4 Å². The number of carbonyl (C=O) groups excluding carboxylic acids is 2. The first-order chi connectivity index (χ1) is 13.4. The fourth-order valence-electron chi connectivity index (χ4n) is 3.04. The van der Waals surface area contributed by atoms with E-state index >= 15 is 0 Å². The molecule has 0 atom stereocenters. The first-order valence-electron chi connectivity index (χ1n) is 8.73. The minimum Gasteiger partial charge on any atom is -0.503 e. The van der Waals surface area contributed by atoms with Crippen molar-refractivity contribution in [3.05, 3.63) is 63.9 Å². The predicted octanol–water partition coefficient (Wildman–Crippen LogP) is 2.89.